The van der Waals surface area contributed by atoms with Crippen LogP contribution in [0.25, 0.3) is 0 Å². The fraction of sp³-hybridized carbons (Fsp3) is 0.250. The molecule has 3 aromatic rings. The van der Waals surface area contributed by atoms with Gasteiger partial charge in [-0.25, -0.2) is 18.9 Å². The highest BCUT2D eigenvalue weighted by Gasteiger charge is 2.19. The maximum absolute atomic E-state index is 12.2. The molecule has 0 saturated heterocycles. The molecule has 0 fully saturated rings. The monoisotopic (exact) mass is 406 g/mol. The molecule has 27 heavy (non-hydrogen) atoms. The number of pyridine rings is 1. The summed E-state index contributed by atoms with van der Waals surface area (Å²) < 4.78 is 24.7. The average molecular weight is 406 g/mol. The van der Waals surface area contributed by atoms with E-state index in [1.54, 1.807) is 42.5 Å². The molecule has 0 saturated carbocycles. The number of nitrogens with zero attached hydrogens (tertiary/aromatic N) is 4. The van der Waals surface area contributed by atoms with Crippen LogP contribution in [-0.4, -0.2) is 34.2 Å². The van der Waals surface area contributed by atoms with Crippen LogP contribution < -0.4 is 10.0 Å². The van der Waals surface area contributed by atoms with Crippen LogP contribution in [-0.2, 0) is 24.9 Å². The van der Waals surface area contributed by atoms with Gasteiger partial charge in [-0.3, -0.25) is 14.3 Å². The lowest BCUT2D eigenvalue weighted by Crippen LogP contribution is -2.26. The van der Waals surface area contributed by atoms with Crippen molar-refractivity contribution in [3.8, 4) is 0 Å². The lowest BCUT2D eigenvalue weighted by atomic mass is 10.1. The fourth-order valence-corrected chi connectivity index (χ4v) is 3.63. The molecular weight excluding hydrogens is 388 g/mol. The van der Waals surface area contributed by atoms with E-state index in [1.165, 1.54) is 17.5 Å². The van der Waals surface area contributed by atoms with Gasteiger partial charge in [-0.2, -0.15) is 0 Å². The van der Waals surface area contributed by atoms with Crippen LogP contribution in [0.4, 0.5) is 0 Å². The lowest BCUT2D eigenvalue weighted by molar-refractivity contribution is 0.0946. The van der Waals surface area contributed by atoms with Crippen molar-refractivity contribution in [2.75, 3.05) is 0 Å². The van der Waals surface area contributed by atoms with Crippen LogP contribution in [0.5, 0.6) is 0 Å². The van der Waals surface area contributed by atoms with Crippen LogP contribution in [0.15, 0.2) is 37.1 Å². The highest BCUT2D eigenvalue weighted by atomic mass is 32.2. The zero-order chi connectivity index (χ0) is 19.4. The van der Waals surface area contributed by atoms with Gasteiger partial charge in [0.2, 0.25) is 11.3 Å². The van der Waals surface area contributed by atoms with Crippen molar-refractivity contribution < 1.29 is 13.6 Å². The molecule has 0 aliphatic rings. The summed E-state index contributed by atoms with van der Waals surface area (Å²) >= 11 is -0.714. The summed E-state index contributed by atoms with van der Waals surface area (Å²) in [5.41, 5.74) is 1.44. The Balaban J connectivity index is 1.72. The molecule has 3 heterocycles. The Hall–Kier alpha value is -2.47. The fourth-order valence-electron chi connectivity index (χ4n) is 2.44. The van der Waals surface area contributed by atoms with Crippen LogP contribution >= 0.6 is 11.3 Å². The highest BCUT2D eigenvalue weighted by molar-refractivity contribution is 7.77. The number of carbonyl (C=O) groups is 1. The minimum absolute atomic E-state index is 0.255. The van der Waals surface area contributed by atoms with E-state index in [0.29, 0.717) is 17.8 Å². The molecule has 142 valence electrons. The number of rotatable bonds is 7. The van der Waals surface area contributed by atoms with Crippen molar-refractivity contribution >= 4 is 28.5 Å². The number of amides is 1. The van der Waals surface area contributed by atoms with Gasteiger partial charge in [-0.05, 0) is 18.6 Å². The molecule has 9 nitrogen and oxygen atoms in total. The number of carbonyl (C=O) groups excluding carboxylic acids is 1. The topological polar surface area (TPSA) is 122 Å². The Labute approximate surface area is 162 Å². The molecule has 1 amide bonds. The summed E-state index contributed by atoms with van der Waals surface area (Å²) in [6.07, 6.45) is 6.56. The molecule has 11 heteroatoms. The molecule has 2 atom stereocenters. The Morgan fingerprint density at radius 3 is 2.70 bits per heavy atom. The largest absolute Gasteiger partial charge is 0.346 e. The Morgan fingerprint density at radius 2 is 2.15 bits per heavy atom. The van der Waals surface area contributed by atoms with Crippen molar-refractivity contribution in [1.29, 1.82) is 0 Å². The maximum atomic E-state index is 12.2. The molecule has 0 spiro atoms. The van der Waals surface area contributed by atoms with Crippen LogP contribution in [0.1, 0.15) is 37.7 Å². The molecule has 2 unspecified atom stereocenters. The average Bonchev–Trinajstić information content (AvgIpc) is 3.26. The molecule has 0 radical (unpaired) electrons. The summed E-state index contributed by atoms with van der Waals surface area (Å²) in [6, 6.07) is 2.63. The minimum Gasteiger partial charge on any atom is -0.346 e. The quantitative estimate of drug-likeness (QED) is 0.509. The summed E-state index contributed by atoms with van der Waals surface area (Å²) in [5.74, 6) is -0.305. The van der Waals surface area contributed by atoms with E-state index < -0.39 is 17.3 Å². The van der Waals surface area contributed by atoms with Gasteiger partial charge >= 0.3 is 0 Å². The van der Waals surface area contributed by atoms with Crippen molar-refractivity contribution in [3.63, 3.8) is 0 Å². The minimum atomic E-state index is -2.23. The second-order valence-corrected chi connectivity index (χ2v) is 7.82. The van der Waals surface area contributed by atoms with Crippen molar-refractivity contribution in [2.24, 2.45) is 7.05 Å². The van der Waals surface area contributed by atoms with E-state index in [0.717, 1.165) is 9.88 Å². The Morgan fingerprint density at radius 1 is 1.33 bits per heavy atom. The first-order valence-electron chi connectivity index (χ1n) is 7.92. The van der Waals surface area contributed by atoms with Gasteiger partial charge in [0.15, 0.2) is 0 Å². The first kappa shape index (κ1) is 19.3. The van der Waals surface area contributed by atoms with Gasteiger partial charge in [0.1, 0.15) is 5.69 Å². The van der Waals surface area contributed by atoms with Crippen molar-refractivity contribution in [1.82, 2.24) is 29.6 Å². The van der Waals surface area contributed by atoms with E-state index in [-0.39, 0.29) is 11.6 Å². The van der Waals surface area contributed by atoms with E-state index >= 15 is 0 Å². The third-order valence-corrected chi connectivity index (χ3v) is 5.03. The number of hydrogen-bond acceptors (Lipinski definition) is 6. The van der Waals surface area contributed by atoms with Gasteiger partial charge in [0.05, 0.1) is 29.6 Å². The third kappa shape index (κ3) is 5.04. The number of hydrogen-bond donors (Lipinski definition) is 3. The highest BCUT2D eigenvalue weighted by Crippen LogP contribution is 2.20. The number of nitrogens with one attached hydrogen (secondary N) is 2. The number of aromatic nitrogens is 4. The molecule has 0 bridgehead atoms. The van der Waals surface area contributed by atoms with Gasteiger partial charge in [0, 0.05) is 30.5 Å². The number of imidazole rings is 1. The Kier molecular flexibility index (Phi) is 6.06. The lowest BCUT2D eigenvalue weighted by Gasteiger charge is -2.14. The smallest absolute Gasteiger partial charge is 0.270 e. The maximum Gasteiger partial charge on any atom is 0.270 e. The van der Waals surface area contributed by atoms with Gasteiger partial charge in [-0.15, -0.1) is 11.3 Å². The van der Waals surface area contributed by atoms with E-state index in [1.807, 2.05) is 6.92 Å². The van der Waals surface area contributed by atoms with E-state index in [2.05, 4.69) is 25.0 Å². The number of aryl methyl sites for hydroxylation is 2. The zero-order valence-electron chi connectivity index (χ0n) is 14.6. The first-order valence-corrected chi connectivity index (χ1v) is 9.85. The molecule has 3 rings (SSSR count). The predicted molar refractivity (Wildman–Crippen MR) is 101 cm³/mol. The summed E-state index contributed by atoms with van der Waals surface area (Å²) in [7, 11) is 1.81. The van der Waals surface area contributed by atoms with Crippen LogP contribution in [0, 0.1) is 6.92 Å². The SMILES string of the molecule is Cc1ncc(CNC(=O)c2ccc(C(NS(=O)O)c3cn(C)cn3)cn2)s1. The van der Waals surface area contributed by atoms with Crippen LogP contribution in [0.3, 0.4) is 0 Å². The zero-order valence-corrected chi connectivity index (χ0v) is 16.3. The second-order valence-electron chi connectivity index (χ2n) is 5.77. The molecule has 0 aromatic carbocycles. The summed E-state index contributed by atoms with van der Waals surface area (Å²) in [6.45, 7) is 2.29. The second kappa shape index (κ2) is 8.48. The summed E-state index contributed by atoms with van der Waals surface area (Å²) in [4.78, 5) is 25.7. The molecule has 3 aromatic heterocycles. The standard InChI is InChI=1S/C16H18N6O3S2/c1-10-17-6-12(26-10)7-19-16(23)13-4-3-11(5-18-13)15(21-27(24)25)14-8-22(2)9-20-14/h3-6,8-9,15,21H,7H2,1-2H3,(H,19,23)(H,24,25). The van der Waals surface area contributed by atoms with E-state index in [4.69, 9.17) is 0 Å². The number of thiazole rings is 1. The van der Waals surface area contributed by atoms with Gasteiger partial charge in [-0.1, -0.05) is 6.07 Å². The molecular formula is C16H18N6O3S2. The van der Waals surface area contributed by atoms with Crippen molar-refractivity contribution in [3.05, 3.63) is 63.9 Å². The van der Waals surface area contributed by atoms with Crippen LogP contribution in [0.2, 0.25) is 0 Å². The third-order valence-electron chi connectivity index (χ3n) is 3.68. The van der Waals surface area contributed by atoms with E-state index in [9.17, 15) is 13.6 Å². The molecule has 0 aliphatic heterocycles. The van der Waals surface area contributed by atoms with Crippen molar-refractivity contribution in [2.45, 2.75) is 19.5 Å². The van der Waals surface area contributed by atoms with Gasteiger partial charge in [0.25, 0.3) is 5.91 Å². The normalized spacial score (nSPS) is 13.3. The first-order chi connectivity index (χ1) is 12.9. The summed E-state index contributed by atoms with van der Waals surface area (Å²) in [5, 5.41) is 3.73. The van der Waals surface area contributed by atoms with Gasteiger partial charge < -0.3 is 9.88 Å². The molecule has 3 N–H and O–H groups in total. The molecule has 0 aliphatic carbocycles. The Bertz CT molecular complexity index is 953. The predicted octanol–water partition coefficient (Wildman–Crippen LogP) is 1.33.